The van der Waals surface area contributed by atoms with Crippen LogP contribution in [0.5, 0.6) is 0 Å². The normalized spacial score (nSPS) is 27.3. The molecule has 1 aliphatic carbocycles. The van der Waals surface area contributed by atoms with E-state index in [2.05, 4.69) is 45.9 Å². The minimum atomic E-state index is -0.635. The number of carbonyl (C=O) groups is 1. The van der Waals surface area contributed by atoms with Crippen LogP contribution >= 0.6 is 0 Å². The van der Waals surface area contributed by atoms with Crippen molar-refractivity contribution in [2.45, 2.75) is 52.9 Å². The molecule has 1 fully saturated rings. The largest absolute Gasteiger partial charge is 0.481 e. The number of aliphatic carboxylic acids is 1. The fraction of sp³-hybridized carbons (Fsp3) is 0.611. The number of benzene rings is 1. The fourth-order valence-corrected chi connectivity index (χ4v) is 3.52. The van der Waals surface area contributed by atoms with E-state index >= 15 is 0 Å². The molecule has 0 aromatic heterocycles. The molecule has 0 spiro atoms. The first kappa shape index (κ1) is 15.1. The molecule has 1 saturated carbocycles. The second-order valence-electron chi connectivity index (χ2n) is 7.34. The van der Waals surface area contributed by atoms with Crippen molar-refractivity contribution in [3.8, 4) is 0 Å². The maximum absolute atomic E-state index is 11.6. The predicted molar refractivity (Wildman–Crippen MR) is 81.8 cm³/mol. The minimum Gasteiger partial charge on any atom is -0.481 e. The van der Waals surface area contributed by atoms with Gasteiger partial charge < -0.3 is 5.11 Å². The summed E-state index contributed by atoms with van der Waals surface area (Å²) in [6.45, 7) is 8.88. The third kappa shape index (κ3) is 3.23. The van der Waals surface area contributed by atoms with Crippen LogP contribution in [-0.4, -0.2) is 11.1 Å². The monoisotopic (exact) mass is 274 g/mol. The average molecular weight is 274 g/mol. The van der Waals surface area contributed by atoms with Gasteiger partial charge in [-0.15, -0.1) is 0 Å². The molecule has 110 valence electrons. The van der Waals surface area contributed by atoms with Crippen molar-refractivity contribution in [3.63, 3.8) is 0 Å². The lowest BCUT2D eigenvalue weighted by Crippen LogP contribution is -2.34. The van der Waals surface area contributed by atoms with E-state index in [4.69, 9.17) is 0 Å². The van der Waals surface area contributed by atoms with Gasteiger partial charge in [-0.25, -0.2) is 0 Å². The van der Waals surface area contributed by atoms with Crippen LogP contribution < -0.4 is 0 Å². The molecule has 1 aromatic carbocycles. The summed E-state index contributed by atoms with van der Waals surface area (Å²) in [4.78, 5) is 11.6. The Bertz CT molecular complexity index is 484. The van der Waals surface area contributed by atoms with Gasteiger partial charge in [0.2, 0.25) is 0 Å². The molecule has 3 unspecified atom stereocenters. The Hall–Kier alpha value is -1.31. The summed E-state index contributed by atoms with van der Waals surface area (Å²) in [5, 5.41) is 9.53. The smallest absolute Gasteiger partial charge is 0.307 e. The number of hydrogen-bond donors (Lipinski definition) is 1. The van der Waals surface area contributed by atoms with E-state index in [1.165, 1.54) is 11.1 Å². The maximum atomic E-state index is 11.6. The lowest BCUT2D eigenvalue weighted by Gasteiger charge is -2.40. The molecule has 0 amide bonds. The van der Waals surface area contributed by atoms with Gasteiger partial charge in [0, 0.05) is 0 Å². The number of rotatable bonds is 2. The van der Waals surface area contributed by atoms with Crippen LogP contribution in [0.25, 0.3) is 0 Å². The zero-order valence-electron chi connectivity index (χ0n) is 13.0. The molecule has 0 aliphatic heterocycles. The molecular weight excluding hydrogens is 248 g/mol. The first-order chi connectivity index (χ1) is 9.29. The Balaban J connectivity index is 2.30. The van der Waals surface area contributed by atoms with E-state index in [1.807, 2.05) is 6.07 Å². The Morgan fingerprint density at radius 2 is 1.95 bits per heavy atom. The van der Waals surface area contributed by atoms with Crippen molar-refractivity contribution >= 4 is 5.97 Å². The molecule has 0 radical (unpaired) electrons. The van der Waals surface area contributed by atoms with Crippen molar-refractivity contribution in [2.75, 3.05) is 0 Å². The third-order valence-corrected chi connectivity index (χ3v) is 4.86. The van der Waals surface area contributed by atoms with Gasteiger partial charge in [0.1, 0.15) is 0 Å². The summed E-state index contributed by atoms with van der Waals surface area (Å²) >= 11 is 0. The Kier molecular flexibility index (Phi) is 4.22. The highest BCUT2D eigenvalue weighted by atomic mass is 16.4. The molecule has 0 heterocycles. The van der Waals surface area contributed by atoms with E-state index in [-0.39, 0.29) is 17.3 Å². The number of hydrogen-bond acceptors (Lipinski definition) is 1. The van der Waals surface area contributed by atoms with Crippen LogP contribution in [0.15, 0.2) is 24.3 Å². The molecule has 2 rings (SSSR count). The van der Waals surface area contributed by atoms with Crippen LogP contribution in [0.1, 0.15) is 57.1 Å². The highest BCUT2D eigenvalue weighted by Crippen LogP contribution is 2.47. The summed E-state index contributed by atoms with van der Waals surface area (Å²) in [5.74, 6) is -0.103. The van der Waals surface area contributed by atoms with Gasteiger partial charge >= 0.3 is 5.97 Å². The second kappa shape index (κ2) is 5.59. The van der Waals surface area contributed by atoms with Crippen molar-refractivity contribution in [2.24, 2.45) is 17.3 Å². The van der Waals surface area contributed by atoms with Gasteiger partial charge in [-0.1, -0.05) is 50.6 Å². The van der Waals surface area contributed by atoms with E-state index in [1.54, 1.807) is 0 Å². The van der Waals surface area contributed by atoms with E-state index in [9.17, 15) is 9.90 Å². The molecule has 0 saturated heterocycles. The van der Waals surface area contributed by atoms with Crippen LogP contribution in [-0.2, 0) is 4.79 Å². The molecule has 1 aromatic rings. The number of aryl methyl sites for hydroxylation is 1. The molecular formula is C18H26O2. The summed E-state index contributed by atoms with van der Waals surface area (Å²) in [5.41, 5.74) is 2.67. The predicted octanol–water partition coefficient (Wildman–Crippen LogP) is 4.63. The standard InChI is InChI=1S/C18H26O2/c1-12-6-5-7-13(10-12)16-11-14(18(2,3)4)8-9-15(16)17(19)20/h5-7,10,14-16H,8-9,11H2,1-4H3,(H,19,20). The topological polar surface area (TPSA) is 37.3 Å². The highest BCUT2D eigenvalue weighted by molar-refractivity contribution is 5.71. The van der Waals surface area contributed by atoms with Gasteiger partial charge in [0.05, 0.1) is 5.92 Å². The molecule has 1 N–H and O–H groups in total. The van der Waals surface area contributed by atoms with Crippen LogP contribution in [0.3, 0.4) is 0 Å². The maximum Gasteiger partial charge on any atom is 0.307 e. The van der Waals surface area contributed by atoms with Crippen molar-refractivity contribution in [1.29, 1.82) is 0 Å². The van der Waals surface area contributed by atoms with E-state index < -0.39 is 5.97 Å². The lowest BCUT2D eigenvalue weighted by molar-refractivity contribution is -0.144. The highest BCUT2D eigenvalue weighted by Gasteiger charge is 2.39. The quantitative estimate of drug-likeness (QED) is 0.854. The summed E-state index contributed by atoms with van der Waals surface area (Å²) in [6, 6.07) is 8.37. The second-order valence-corrected chi connectivity index (χ2v) is 7.34. The van der Waals surface area contributed by atoms with E-state index in [0.29, 0.717) is 5.92 Å². The van der Waals surface area contributed by atoms with Gasteiger partial charge in [0.15, 0.2) is 0 Å². The molecule has 3 atom stereocenters. The number of carboxylic acids is 1. The number of carboxylic acid groups (broad SMARTS) is 1. The summed E-state index contributed by atoms with van der Waals surface area (Å²) < 4.78 is 0. The molecule has 0 bridgehead atoms. The molecule has 2 heteroatoms. The van der Waals surface area contributed by atoms with Gasteiger partial charge in [-0.3, -0.25) is 4.79 Å². The molecule has 20 heavy (non-hydrogen) atoms. The molecule has 1 aliphatic rings. The van der Waals surface area contributed by atoms with Gasteiger partial charge in [0.25, 0.3) is 0 Å². The summed E-state index contributed by atoms with van der Waals surface area (Å²) in [6.07, 6.45) is 2.82. The first-order valence-corrected chi connectivity index (χ1v) is 7.58. The summed E-state index contributed by atoms with van der Waals surface area (Å²) in [7, 11) is 0. The minimum absolute atomic E-state index is 0.158. The zero-order chi connectivity index (χ0) is 14.9. The van der Waals surface area contributed by atoms with Crippen molar-refractivity contribution < 1.29 is 9.90 Å². The molecule has 2 nitrogen and oxygen atoms in total. The van der Waals surface area contributed by atoms with Crippen molar-refractivity contribution in [3.05, 3.63) is 35.4 Å². The fourth-order valence-electron chi connectivity index (χ4n) is 3.52. The Morgan fingerprint density at radius 1 is 1.25 bits per heavy atom. The van der Waals surface area contributed by atoms with E-state index in [0.717, 1.165) is 19.3 Å². The van der Waals surface area contributed by atoms with Crippen molar-refractivity contribution in [1.82, 2.24) is 0 Å². The van der Waals surface area contributed by atoms with Gasteiger partial charge in [-0.05, 0) is 49.0 Å². The van der Waals surface area contributed by atoms with Crippen LogP contribution in [0.2, 0.25) is 0 Å². The van der Waals surface area contributed by atoms with Crippen LogP contribution in [0.4, 0.5) is 0 Å². The Labute approximate surface area is 122 Å². The first-order valence-electron chi connectivity index (χ1n) is 7.58. The Morgan fingerprint density at radius 3 is 2.50 bits per heavy atom. The lowest BCUT2D eigenvalue weighted by atomic mass is 9.64. The van der Waals surface area contributed by atoms with Gasteiger partial charge in [-0.2, -0.15) is 0 Å². The van der Waals surface area contributed by atoms with Crippen LogP contribution in [0, 0.1) is 24.2 Å². The average Bonchev–Trinajstić information content (AvgIpc) is 2.37. The SMILES string of the molecule is Cc1cccc(C2CC(C(C)(C)C)CCC2C(=O)O)c1. The zero-order valence-corrected chi connectivity index (χ0v) is 13.0. The third-order valence-electron chi connectivity index (χ3n) is 4.86.